The summed E-state index contributed by atoms with van der Waals surface area (Å²) in [5.74, 6) is -2.55. The van der Waals surface area contributed by atoms with E-state index in [9.17, 15) is 13.6 Å². The molecule has 0 bridgehead atoms. The van der Waals surface area contributed by atoms with Gasteiger partial charge in [0.15, 0.2) is 11.6 Å². The Hall–Kier alpha value is -2.04. The fourth-order valence-electron chi connectivity index (χ4n) is 2.48. The van der Waals surface area contributed by atoms with Crippen molar-refractivity contribution in [2.45, 2.75) is 24.9 Å². The summed E-state index contributed by atoms with van der Waals surface area (Å²) in [5.41, 5.74) is 4.86. The normalized spacial score (nSPS) is 22.6. The number of hydrogen-bond donors (Lipinski definition) is 3. The van der Waals surface area contributed by atoms with Crippen molar-refractivity contribution in [2.24, 2.45) is 5.73 Å². The third-order valence-electron chi connectivity index (χ3n) is 3.63. The van der Waals surface area contributed by atoms with Gasteiger partial charge in [-0.2, -0.15) is 5.26 Å². The molecule has 2 atom stereocenters. The molecule has 0 aliphatic carbocycles. The van der Waals surface area contributed by atoms with Crippen molar-refractivity contribution in [3.8, 4) is 6.07 Å². The molecule has 0 radical (unpaired) electrons. The molecule has 2 rings (SSSR count). The first kappa shape index (κ1) is 15.4. The van der Waals surface area contributed by atoms with Crippen LogP contribution in [0.5, 0.6) is 0 Å². The van der Waals surface area contributed by atoms with E-state index in [4.69, 9.17) is 11.0 Å². The Morgan fingerprint density at radius 1 is 1.52 bits per heavy atom. The highest BCUT2D eigenvalue weighted by molar-refractivity contribution is 5.82. The number of rotatable bonds is 3. The van der Waals surface area contributed by atoms with Crippen molar-refractivity contribution in [3.63, 3.8) is 0 Å². The van der Waals surface area contributed by atoms with Crippen LogP contribution in [-0.2, 0) is 10.3 Å². The molecule has 1 fully saturated rings. The van der Waals surface area contributed by atoms with E-state index in [0.29, 0.717) is 19.5 Å². The molecule has 0 saturated carbocycles. The molecule has 5 nitrogen and oxygen atoms in total. The standard InChI is InChI=1S/C14H16F2N4O/c1-8(18)13(21)20-14(2-3-19-7-14)10-5-12(16)11(15)4-9(10)6-17/h4-5,8,19H,2-3,7,18H2,1H3,(H,20,21)/t8-,14+/m0/s1. The van der Waals surface area contributed by atoms with E-state index >= 15 is 0 Å². The van der Waals surface area contributed by atoms with Crippen LogP contribution in [0.3, 0.4) is 0 Å². The number of hydrogen-bond acceptors (Lipinski definition) is 4. The average Bonchev–Trinajstić information content (AvgIpc) is 2.90. The Labute approximate surface area is 121 Å². The highest BCUT2D eigenvalue weighted by Gasteiger charge is 2.40. The van der Waals surface area contributed by atoms with Crippen LogP contribution in [0, 0.1) is 23.0 Å². The van der Waals surface area contributed by atoms with Crippen LogP contribution in [0.1, 0.15) is 24.5 Å². The van der Waals surface area contributed by atoms with Crippen molar-refractivity contribution in [1.82, 2.24) is 10.6 Å². The third-order valence-corrected chi connectivity index (χ3v) is 3.63. The molecule has 1 heterocycles. The first-order valence-electron chi connectivity index (χ1n) is 6.57. The largest absolute Gasteiger partial charge is 0.344 e. The lowest BCUT2D eigenvalue weighted by atomic mass is 9.85. The molecular weight excluding hydrogens is 278 g/mol. The fourth-order valence-corrected chi connectivity index (χ4v) is 2.48. The Morgan fingerprint density at radius 3 is 2.71 bits per heavy atom. The van der Waals surface area contributed by atoms with E-state index in [0.717, 1.165) is 12.1 Å². The van der Waals surface area contributed by atoms with Gasteiger partial charge in [-0.25, -0.2) is 8.78 Å². The molecule has 7 heteroatoms. The molecule has 1 aliphatic heterocycles. The monoisotopic (exact) mass is 294 g/mol. The van der Waals surface area contributed by atoms with Crippen LogP contribution < -0.4 is 16.4 Å². The van der Waals surface area contributed by atoms with Crippen LogP contribution in [0.25, 0.3) is 0 Å². The lowest BCUT2D eigenvalue weighted by molar-refractivity contribution is -0.123. The average molecular weight is 294 g/mol. The van der Waals surface area contributed by atoms with E-state index < -0.39 is 29.1 Å². The summed E-state index contributed by atoms with van der Waals surface area (Å²) < 4.78 is 26.9. The number of nitrogens with two attached hydrogens (primary N) is 1. The smallest absolute Gasteiger partial charge is 0.237 e. The summed E-state index contributed by atoms with van der Waals surface area (Å²) in [6.45, 7) is 2.44. The summed E-state index contributed by atoms with van der Waals surface area (Å²) in [6.07, 6.45) is 0.464. The molecule has 1 saturated heterocycles. The Balaban J connectivity index is 2.51. The van der Waals surface area contributed by atoms with E-state index in [1.807, 2.05) is 6.07 Å². The lowest BCUT2D eigenvalue weighted by Gasteiger charge is -2.32. The summed E-state index contributed by atoms with van der Waals surface area (Å²) in [6, 6.07) is 2.94. The van der Waals surface area contributed by atoms with Crippen LogP contribution in [-0.4, -0.2) is 25.0 Å². The van der Waals surface area contributed by atoms with Gasteiger partial charge in [-0.1, -0.05) is 0 Å². The number of nitrogens with one attached hydrogen (secondary N) is 2. The van der Waals surface area contributed by atoms with Gasteiger partial charge in [0.1, 0.15) is 0 Å². The molecule has 0 unspecified atom stereocenters. The van der Waals surface area contributed by atoms with Gasteiger partial charge in [0.05, 0.1) is 23.2 Å². The van der Waals surface area contributed by atoms with Crippen LogP contribution in [0.15, 0.2) is 12.1 Å². The molecule has 1 aromatic carbocycles. The fraction of sp³-hybridized carbons (Fsp3) is 0.429. The van der Waals surface area contributed by atoms with Gasteiger partial charge in [-0.05, 0) is 37.6 Å². The molecule has 1 aliphatic rings. The zero-order valence-electron chi connectivity index (χ0n) is 11.5. The van der Waals surface area contributed by atoms with Gasteiger partial charge in [-0.15, -0.1) is 0 Å². The SMILES string of the molecule is C[C@H](N)C(=O)N[C@]1(c2cc(F)c(F)cc2C#N)CCNC1. The van der Waals surface area contributed by atoms with E-state index in [1.165, 1.54) is 6.92 Å². The Kier molecular flexibility index (Phi) is 4.21. The van der Waals surface area contributed by atoms with Crippen LogP contribution in [0.4, 0.5) is 8.78 Å². The van der Waals surface area contributed by atoms with Gasteiger partial charge in [0.25, 0.3) is 0 Å². The van der Waals surface area contributed by atoms with E-state index in [2.05, 4.69) is 10.6 Å². The first-order valence-corrected chi connectivity index (χ1v) is 6.57. The second-order valence-corrected chi connectivity index (χ2v) is 5.21. The van der Waals surface area contributed by atoms with Crippen molar-refractivity contribution >= 4 is 5.91 Å². The molecule has 21 heavy (non-hydrogen) atoms. The zero-order valence-corrected chi connectivity index (χ0v) is 11.5. The van der Waals surface area contributed by atoms with Crippen molar-refractivity contribution in [1.29, 1.82) is 5.26 Å². The third kappa shape index (κ3) is 2.86. The number of amides is 1. The first-order chi connectivity index (χ1) is 9.89. The molecule has 0 aromatic heterocycles. The molecule has 4 N–H and O–H groups in total. The van der Waals surface area contributed by atoms with Crippen molar-refractivity contribution in [2.75, 3.05) is 13.1 Å². The second kappa shape index (κ2) is 5.76. The van der Waals surface area contributed by atoms with Gasteiger partial charge in [0, 0.05) is 6.54 Å². The zero-order chi connectivity index (χ0) is 15.6. The second-order valence-electron chi connectivity index (χ2n) is 5.21. The summed E-state index contributed by atoms with van der Waals surface area (Å²) >= 11 is 0. The van der Waals surface area contributed by atoms with Gasteiger partial charge >= 0.3 is 0 Å². The summed E-state index contributed by atoms with van der Waals surface area (Å²) in [4.78, 5) is 11.9. The quantitative estimate of drug-likeness (QED) is 0.756. The predicted molar refractivity (Wildman–Crippen MR) is 72.0 cm³/mol. The van der Waals surface area contributed by atoms with Gasteiger partial charge in [0.2, 0.25) is 5.91 Å². The highest BCUT2D eigenvalue weighted by atomic mass is 19.2. The van der Waals surface area contributed by atoms with E-state index in [1.54, 1.807) is 0 Å². The summed E-state index contributed by atoms with van der Waals surface area (Å²) in [7, 11) is 0. The maximum Gasteiger partial charge on any atom is 0.237 e. The number of benzene rings is 1. The molecule has 1 amide bonds. The highest BCUT2D eigenvalue weighted by Crippen LogP contribution is 2.32. The summed E-state index contributed by atoms with van der Waals surface area (Å²) in [5, 5.41) is 15.0. The predicted octanol–water partition coefficient (Wildman–Crippen LogP) is 0.488. The van der Waals surface area contributed by atoms with E-state index in [-0.39, 0.29) is 11.1 Å². The maximum atomic E-state index is 13.6. The minimum Gasteiger partial charge on any atom is -0.344 e. The lowest BCUT2D eigenvalue weighted by Crippen LogP contribution is -2.52. The number of carbonyl (C=O) groups is 1. The number of carbonyl (C=O) groups excluding carboxylic acids is 1. The number of nitriles is 1. The van der Waals surface area contributed by atoms with Crippen LogP contribution >= 0.6 is 0 Å². The van der Waals surface area contributed by atoms with Gasteiger partial charge in [-0.3, -0.25) is 4.79 Å². The Bertz CT molecular complexity index is 604. The van der Waals surface area contributed by atoms with Gasteiger partial charge < -0.3 is 16.4 Å². The van der Waals surface area contributed by atoms with Crippen LogP contribution in [0.2, 0.25) is 0 Å². The molecule has 1 aromatic rings. The minimum atomic E-state index is -1.09. The van der Waals surface area contributed by atoms with Crippen molar-refractivity contribution < 1.29 is 13.6 Å². The number of halogens is 2. The molecule has 0 spiro atoms. The minimum absolute atomic E-state index is 0.00238. The molecule has 112 valence electrons. The molecular formula is C14H16F2N4O. The maximum absolute atomic E-state index is 13.6. The number of nitrogens with zero attached hydrogens (tertiary/aromatic N) is 1. The Morgan fingerprint density at radius 2 is 2.19 bits per heavy atom. The van der Waals surface area contributed by atoms with Crippen molar-refractivity contribution in [3.05, 3.63) is 34.9 Å². The topological polar surface area (TPSA) is 90.9 Å².